The van der Waals surface area contributed by atoms with Crippen molar-refractivity contribution < 1.29 is 0 Å². The Morgan fingerprint density at radius 2 is 2.20 bits per heavy atom. The molecule has 0 nitrogen and oxygen atoms in total. The fourth-order valence-corrected chi connectivity index (χ4v) is 0. The second kappa shape index (κ2) is 3.21. The Balaban J connectivity index is 2.54. The van der Waals surface area contributed by atoms with Gasteiger partial charge < -0.3 is 0 Å². The van der Waals surface area contributed by atoms with E-state index in [0.717, 1.165) is 4.57 Å². The van der Waals surface area contributed by atoms with Crippen LogP contribution in [-0.4, -0.2) is 14.8 Å². The quantitative estimate of drug-likeness (QED) is 0.421. The maximum atomic E-state index is 2.44. The van der Waals surface area contributed by atoms with Gasteiger partial charge >= 0.3 is 0 Å². The molecule has 0 unspecified atom stereocenters. The van der Waals surface area contributed by atoms with Gasteiger partial charge in [0.2, 0.25) is 4.57 Å². The van der Waals surface area contributed by atoms with Crippen molar-refractivity contribution in [3.8, 4) is 0 Å². The molecule has 0 bridgehead atoms. The number of rotatable bonds is 1. The molecule has 0 fully saturated rings. The average molecular weight is 198 g/mol. The number of halogens is 1. The lowest BCUT2D eigenvalue weighted by atomic mass is 9.86. The fourth-order valence-electron chi connectivity index (χ4n) is 0. The van der Waals surface area contributed by atoms with Crippen LogP contribution in [0.1, 0.15) is 0 Å². The Morgan fingerprint density at radius 1 is 2.00 bits per heavy atom. The Labute approximate surface area is 50.1 Å². The van der Waals surface area contributed by atoms with E-state index < -0.39 is 0 Å². The first-order chi connectivity index (χ1) is 2.27. The molecular formula is C2H8BISi. The highest BCUT2D eigenvalue weighted by Crippen LogP contribution is 1.93. The van der Waals surface area contributed by atoms with Gasteiger partial charge in [0.1, 0.15) is 0 Å². The molecule has 3 heteroatoms. The molecule has 0 aliphatic carbocycles. The maximum absolute atomic E-state index is 2.44. The summed E-state index contributed by atoms with van der Waals surface area (Å²) < 4.78 is 0.916. The van der Waals surface area contributed by atoms with Crippen LogP contribution in [0, 0.1) is 0 Å². The van der Waals surface area contributed by atoms with Gasteiger partial charge in [0.05, 0.1) is 0 Å². The summed E-state index contributed by atoms with van der Waals surface area (Å²) >= 11 is 2.44. The SMILES string of the molecule is CB(I)C[SiH3]. The van der Waals surface area contributed by atoms with Gasteiger partial charge in [0.15, 0.2) is 0 Å². The van der Waals surface area contributed by atoms with E-state index in [1.165, 1.54) is 16.2 Å². The highest BCUT2D eigenvalue weighted by Gasteiger charge is 1.90. The lowest BCUT2D eigenvalue weighted by Gasteiger charge is -1.81. The van der Waals surface area contributed by atoms with Crippen molar-refractivity contribution in [2.24, 2.45) is 0 Å². The van der Waals surface area contributed by atoms with E-state index in [0.29, 0.717) is 0 Å². The molecule has 0 heterocycles. The zero-order valence-corrected chi connectivity index (χ0v) is 7.82. The van der Waals surface area contributed by atoms with E-state index in [1.807, 2.05) is 0 Å². The van der Waals surface area contributed by atoms with Gasteiger partial charge in [-0.25, -0.2) is 0 Å². The molecular weight excluding hydrogens is 190 g/mol. The third-order valence-corrected chi connectivity index (χ3v) is 4.33. The summed E-state index contributed by atoms with van der Waals surface area (Å²) in [5, 5.41) is 0. The van der Waals surface area contributed by atoms with Crippen LogP contribution in [0.25, 0.3) is 0 Å². The van der Waals surface area contributed by atoms with E-state index in [4.69, 9.17) is 0 Å². The molecule has 0 saturated carbocycles. The van der Waals surface area contributed by atoms with Gasteiger partial charge in [0, 0.05) is 0 Å². The maximum Gasteiger partial charge on any atom is 0.211 e. The number of hydrogen-bond donors (Lipinski definition) is 0. The first-order valence-electron chi connectivity index (χ1n) is 1.91. The van der Waals surface area contributed by atoms with E-state index in [1.54, 1.807) is 0 Å². The monoisotopic (exact) mass is 198 g/mol. The van der Waals surface area contributed by atoms with Crippen LogP contribution >= 0.6 is 22.4 Å². The van der Waals surface area contributed by atoms with Crippen LogP contribution < -0.4 is 0 Å². The van der Waals surface area contributed by atoms with Crippen LogP contribution in [0.2, 0.25) is 12.8 Å². The molecule has 0 N–H and O–H groups in total. The summed E-state index contributed by atoms with van der Waals surface area (Å²) in [5.41, 5.74) is 0. The molecule has 30 valence electrons. The summed E-state index contributed by atoms with van der Waals surface area (Å²) in [5.74, 6) is 1.43. The topological polar surface area (TPSA) is 0 Å². The first kappa shape index (κ1) is 6.01. The molecule has 0 aliphatic heterocycles. The molecule has 0 aromatic heterocycles. The van der Waals surface area contributed by atoms with Gasteiger partial charge in [-0.15, -0.1) is 0 Å². The van der Waals surface area contributed by atoms with Crippen molar-refractivity contribution in [3.63, 3.8) is 0 Å². The molecule has 0 saturated heterocycles. The average Bonchev–Trinajstić information content (AvgIpc) is 1.38. The summed E-state index contributed by atoms with van der Waals surface area (Å²) in [6.07, 6.45) is 0. The summed E-state index contributed by atoms with van der Waals surface area (Å²) in [7, 11) is 1.37. The van der Waals surface area contributed by atoms with Crippen molar-refractivity contribution in [2.45, 2.75) is 12.8 Å². The smallest absolute Gasteiger partial charge is 0.151 e. The Hall–Kier alpha value is 1.01. The predicted octanol–water partition coefficient (Wildman–Crippen LogP) is 0.366. The van der Waals surface area contributed by atoms with Crippen LogP contribution in [-0.2, 0) is 0 Å². The highest BCUT2D eigenvalue weighted by atomic mass is 127. The van der Waals surface area contributed by atoms with Gasteiger partial charge in [-0.2, -0.15) is 22.4 Å². The van der Waals surface area contributed by atoms with Crippen LogP contribution in [0.15, 0.2) is 0 Å². The Kier molecular flexibility index (Phi) is 3.86. The van der Waals surface area contributed by atoms with Gasteiger partial charge in [-0.05, 0) is 10.2 Å². The molecule has 5 heavy (non-hydrogen) atoms. The lowest BCUT2D eigenvalue weighted by molar-refractivity contribution is 1.99. The normalized spacial score (nSPS) is 8.40. The van der Waals surface area contributed by atoms with E-state index >= 15 is 0 Å². The van der Waals surface area contributed by atoms with Gasteiger partial charge in [0.25, 0.3) is 0 Å². The summed E-state index contributed by atoms with van der Waals surface area (Å²) in [6.45, 7) is 2.24. The van der Waals surface area contributed by atoms with Crippen molar-refractivity contribution in [1.29, 1.82) is 0 Å². The zero-order valence-electron chi connectivity index (χ0n) is 3.66. The molecule has 0 rings (SSSR count). The largest absolute Gasteiger partial charge is 0.211 e. The summed E-state index contributed by atoms with van der Waals surface area (Å²) in [6, 6.07) is 0. The van der Waals surface area contributed by atoms with Crippen LogP contribution in [0.4, 0.5) is 0 Å². The van der Waals surface area contributed by atoms with E-state index in [9.17, 15) is 0 Å². The molecule has 0 spiro atoms. The standard InChI is InChI=1S/C2H8BISi/c1-3(4)2-5/h2H2,1,5H3. The predicted molar refractivity (Wildman–Crippen MR) is 40.4 cm³/mol. The minimum atomic E-state index is 0.916. The fraction of sp³-hybridized carbons (Fsp3) is 1.00. The van der Waals surface area contributed by atoms with Gasteiger partial charge in [-0.3, -0.25) is 0 Å². The second-order valence-electron chi connectivity index (χ2n) is 1.19. The summed E-state index contributed by atoms with van der Waals surface area (Å²) in [4.78, 5) is 0. The molecule has 0 radical (unpaired) electrons. The minimum Gasteiger partial charge on any atom is -0.151 e. The van der Waals surface area contributed by atoms with Crippen LogP contribution in [0.5, 0.6) is 0 Å². The van der Waals surface area contributed by atoms with Crippen molar-refractivity contribution in [1.82, 2.24) is 0 Å². The molecule has 0 aliphatic rings. The lowest BCUT2D eigenvalue weighted by Crippen LogP contribution is -1.90. The van der Waals surface area contributed by atoms with Crippen molar-refractivity contribution in [2.75, 3.05) is 0 Å². The molecule has 0 amide bonds. The highest BCUT2D eigenvalue weighted by molar-refractivity contribution is 14.1. The van der Waals surface area contributed by atoms with E-state index in [-0.39, 0.29) is 0 Å². The van der Waals surface area contributed by atoms with Crippen molar-refractivity contribution in [3.05, 3.63) is 0 Å². The second-order valence-corrected chi connectivity index (χ2v) is 4.13. The molecule has 0 aromatic rings. The molecule has 0 aromatic carbocycles. The zero-order chi connectivity index (χ0) is 4.28. The van der Waals surface area contributed by atoms with Gasteiger partial charge in [-0.1, -0.05) is 12.8 Å². The Bertz CT molecular complexity index is 23.6. The van der Waals surface area contributed by atoms with Crippen molar-refractivity contribution >= 4 is 37.2 Å². The molecule has 0 atom stereocenters. The third kappa shape index (κ3) is 5.01. The number of hydrogen-bond acceptors (Lipinski definition) is 0. The third-order valence-electron chi connectivity index (χ3n) is 0.563. The van der Waals surface area contributed by atoms with Crippen LogP contribution in [0.3, 0.4) is 0 Å². The van der Waals surface area contributed by atoms with E-state index in [2.05, 4.69) is 29.2 Å². The minimum absolute atomic E-state index is 0.916. The first-order valence-corrected chi connectivity index (χ1v) is 4.57. The Morgan fingerprint density at radius 3 is 2.20 bits per heavy atom.